The number of Topliss-reactive ketones (excluding diaryl/α,β-unsaturated/α-hetero) is 1. The molecule has 0 spiro atoms. The highest BCUT2D eigenvalue weighted by atomic mass is 79.9. The summed E-state index contributed by atoms with van der Waals surface area (Å²) in [5.74, 6) is 0.111. The standard InChI is InChI=1S/C30H16Br2O/c31-24-11-5-10-19-21-13-12-18-14-16-6-1-2-7-17(16)15-23(18)25(21)27-20-8-3-4-9-22(20)30(33)29(32)28(27)26(19)24/h1-15,29H. The Labute approximate surface area is 207 Å². The minimum atomic E-state index is -0.399. The van der Waals surface area contributed by atoms with Gasteiger partial charge in [-0.05, 0) is 72.6 Å². The molecule has 0 fully saturated rings. The summed E-state index contributed by atoms with van der Waals surface area (Å²) >= 11 is 7.60. The lowest BCUT2D eigenvalue weighted by molar-refractivity contribution is 0.0991. The minimum Gasteiger partial charge on any atom is -0.293 e. The zero-order chi connectivity index (χ0) is 22.3. The first-order chi connectivity index (χ1) is 16.1. The molecule has 6 aromatic rings. The maximum atomic E-state index is 13.4. The molecule has 0 radical (unpaired) electrons. The molecular weight excluding hydrogens is 536 g/mol. The van der Waals surface area contributed by atoms with Crippen molar-refractivity contribution in [1.82, 2.24) is 0 Å². The van der Waals surface area contributed by atoms with Crippen molar-refractivity contribution in [3.05, 3.63) is 107 Å². The van der Waals surface area contributed by atoms with Crippen molar-refractivity contribution < 1.29 is 4.79 Å². The van der Waals surface area contributed by atoms with Gasteiger partial charge in [0.15, 0.2) is 5.78 Å². The van der Waals surface area contributed by atoms with E-state index in [1.165, 1.54) is 32.3 Å². The van der Waals surface area contributed by atoms with Gasteiger partial charge < -0.3 is 0 Å². The van der Waals surface area contributed by atoms with Gasteiger partial charge in [-0.2, -0.15) is 0 Å². The van der Waals surface area contributed by atoms with Gasteiger partial charge in [-0.1, -0.05) is 105 Å². The van der Waals surface area contributed by atoms with Crippen molar-refractivity contribution in [2.75, 3.05) is 0 Å². The molecule has 0 saturated heterocycles. The van der Waals surface area contributed by atoms with Crippen molar-refractivity contribution in [2.45, 2.75) is 4.83 Å². The van der Waals surface area contributed by atoms with Crippen molar-refractivity contribution in [2.24, 2.45) is 0 Å². The second-order valence-electron chi connectivity index (χ2n) is 8.63. The van der Waals surface area contributed by atoms with Crippen LogP contribution >= 0.6 is 31.9 Å². The molecule has 7 rings (SSSR count). The smallest absolute Gasteiger partial charge is 0.181 e. The second kappa shape index (κ2) is 6.99. The monoisotopic (exact) mass is 550 g/mol. The molecule has 0 heterocycles. The van der Waals surface area contributed by atoms with Crippen molar-refractivity contribution in [3.63, 3.8) is 0 Å². The molecule has 156 valence electrons. The number of halogens is 2. The number of carbonyl (C=O) groups excluding carboxylic acids is 1. The fourth-order valence-electron chi connectivity index (χ4n) is 5.51. The van der Waals surface area contributed by atoms with Crippen LogP contribution in [0.1, 0.15) is 20.7 Å². The summed E-state index contributed by atoms with van der Waals surface area (Å²) < 4.78 is 1.01. The zero-order valence-electron chi connectivity index (χ0n) is 17.4. The van der Waals surface area contributed by atoms with Gasteiger partial charge in [-0.25, -0.2) is 0 Å². The van der Waals surface area contributed by atoms with Crippen LogP contribution in [0.2, 0.25) is 0 Å². The maximum absolute atomic E-state index is 13.4. The summed E-state index contributed by atoms with van der Waals surface area (Å²) in [7, 11) is 0. The molecule has 1 aliphatic carbocycles. The summed E-state index contributed by atoms with van der Waals surface area (Å²) in [5, 5.41) is 9.55. The van der Waals surface area contributed by atoms with Crippen molar-refractivity contribution >= 4 is 80.7 Å². The third-order valence-electron chi connectivity index (χ3n) is 6.92. The lowest BCUT2D eigenvalue weighted by atomic mass is 9.78. The predicted octanol–water partition coefficient (Wildman–Crippen LogP) is 9.36. The number of benzene rings is 6. The third-order valence-corrected chi connectivity index (χ3v) is 8.46. The average molecular weight is 552 g/mol. The number of fused-ring (bicyclic) bond motifs is 11. The fourth-order valence-corrected chi connectivity index (χ4v) is 6.79. The van der Waals surface area contributed by atoms with Gasteiger partial charge in [-0.15, -0.1) is 0 Å². The maximum Gasteiger partial charge on any atom is 0.181 e. The van der Waals surface area contributed by atoms with E-state index in [-0.39, 0.29) is 5.78 Å². The Morgan fingerprint density at radius 2 is 1.30 bits per heavy atom. The first-order valence-electron chi connectivity index (χ1n) is 10.9. The Morgan fingerprint density at radius 1 is 0.606 bits per heavy atom. The summed E-state index contributed by atoms with van der Waals surface area (Å²) in [4.78, 5) is 13.0. The Hall–Kier alpha value is -3.01. The molecule has 3 heteroatoms. The van der Waals surface area contributed by atoms with Crippen LogP contribution in [-0.2, 0) is 0 Å². The topological polar surface area (TPSA) is 17.1 Å². The van der Waals surface area contributed by atoms with Gasteiger partial charge in [-0.3, -0.25) is 4.79 Å². The van der Waals surface area contributed by atoms with E-state index >= 15 is 0 Å². The number of hydrogen-bond donors (Lipinski definition) is 0. The molecule has 0 aromatic heterocycles. The number of hydrogen-bond acceptors (Lipinski definition) is 1. The van der Waals surface area contributed by atoms with E-state index in [0.29, 0.717) is 0 Å². The van der Waals surface area contributed by atoms with Crippen LogP contribution in [0.4, 0.5) is 0 Å². The molecule has 0 N–H and O–H groups in total. The van der Waals surface area contributed by atoms with Gasteiger partial charge in [0.2, 0.25) is 0 Å². The van der Waals surface area contributed by atoms with E-state index in [9.17, 15) is 4.79 Å². The SMILES string of the molecule is O=C1c2ccccc2-c2c(c3c(Br)cccc3c3ccc4cc5ccccc5cc4c23)C1Br. The fraction of sp³-hybridized carbons (Fsp3) is 0.0333. The molecular formula is C30H16Br2O. The molecule has 0 saturated carbocycles. The summed E-state index contributed by atoms with van der Waals surface area (Å²) in [6, 6.07) is 31.9. The van der Waals surface area contributed by atoms with Crippen LogP contribution in [0.25, 0.3) is 54.2 Å². The molecule has 0 aliphatic heterocycles. The summed E-state index contributed by atoms with van der Waals surface area (Å²) in [5.41, 5.74) is 3.99. The number of alkyl halides is 1. The molecule has 6 aromatic carbocycles. The second-order valence-corrected chi connectivity index (χ2v) is 10.4. The molecule has 0 amide bonds. The van der Waals surface area contributed by atoms with Crippen LogP contribution < -0.4 is 0 Å². The minimum absolute atomic E-state index is 0.111. The van der Waals surface area contributed by atoms with E-state index in [1.54, 1.807) is 0 Å². The quantitative estimate of drug-likeness (QED) is 0.104. The number of carbonyl (C=O) groups is 1. The first kappa shape index (κ1) is 19.5. The average Bonchev–Trinajstić information content (AvgIpc) is 2.85. The van der Waals surface area contributed by atoms with Gasteiger partial charge in [0, 0.05) is 15.4 Å². The van der Waals surface area contributed by atoms with E-state index in [4.69, 9.17) is 0 Å². The number of rotatable bonds is 0. The highest BCUT2D eigenvalue weighted by Gasteiger charge is 2.34. The van der Waals surface area contributed by atoms with Crippen LogP contribution in [-0.4, -0.2) is 5.78 Å². The van der Waals surface area contributed by atoms with Gasteiger partial charge in [0.05, 0.1) is 0 Å². The molecule has 33 heavy (non-hydrogen) atoms. The zero-order valence-corrected chi connectivity index (χ0v) is 20.6. The summed E-state index contributed by atoms with van der Waals surface area (Å²) in [6.45, 7) is 0. The lowest BCUT2D eigenvalue weighted by Crippen LogP contribution is -2.16. The van der Waals surface area contributed by atoms with Crippen molar-refractivity contribution in [3.8, 4) is 11.1 Å². The first-order valence-corrected chi connectivity index (χ1v) is 12.6. The van der Waals surface area contributed by atoms with Crippen molar-refractivity contribution in [1.29, 1.82) is 0 Å². The Balaban J connectivity index is 1.82. The van der Waals surface area contributed by atoms with Crippen LogP contribution in [0, 0.1) is 0 Å². The lowest BCUT2D eigenvalue weighted by Gasteiger charge is -2.28. The molecule has 1 nitrogen and oxygen atoms in total. The predicted molar refractivity (Wildman–Crippen MR) is 146 cm³/mol. The van der Waals surface area contributed by atoms with Gasteiger partial charge >= 0.3 is 0 Å². The van der Waals surface area contributed by atoms with Crippen LogP contribution in [0.5, 0.6) is 0 Å². The molecule has 1 unspecified atom stereocenters. The van der Waals surface area contributed by atoms with Gasteiger partial charge in [0.1, 0.15) is 4.83 Å². The summed E-state index contributed by atoms with van der Waals surface area (Å²) in [6.07, 6.45) is 0. The van der Waals surface area contributed by atoms with E-state index in [0.717, 1.165) is 37.5 Å². The Morgan fingerprint density at radius 3 is 2.12 bits per heavy atom. The number of ketones is 1. The molecule has 1 aliphatic rings. The van der Waals surface area contributed by atoms with E-state index in [2.05, 4.69) is 105 Å². The van der Waals surface area contributed by atoms with E-state index in [1.807, 2.05) is 18.2 Å². The van der Waals surface area contributed by atoms with Crippen LogP contribution in [0.15, 0.2) is 95.5 Å². The van der Waals surface area contributed by atoms with Crippen LogP contribution in [0.3, 0.4) is 0 Å². The highest BCUT2D eigenvalue weighted by molar-refractivity contribution is 9.10. The third kappa shape index (κ3) is 2.61. The Bertz CT molecular complexity index is 1820. The van der Waals surface area contributed by atoms with Gasteiger partial charge in [0.25, 0.3) is 0 Å². The molecule has 0 bridgehead atoms. The van der Waals surface area contributed by atoms with E-state index < -0.39 is 4.83 Å². The normalized spacial score (nSPS) is 15.3. The highest BCUT2D eigenvalue weighted by Crippen LogP contribution is 2.52. The molecule has 1 atom stereocenters. The largest absolute Gasteiger partial charge is 0.293 e. The Kier molecular flexibility index (Phi) is 4.12.